The summed E-state index contributed by atoms with van der Waals surface area (Å²) in [5.74, 6) is -0.601. The molecule has 2 amide bonds. The van der Waals surface area contributed by atoms with Crippen molar-refractivity contribution in [3.63, 3.8) is 0 Å². The van der Waals surface area contributed by atoms with Crippen LogP contribution in [0.3, 0.4) is 0 Å². The first kappa shape index (κ1) is 19.5. The number of thioether (sulfide) groups is 1. The molecule has 0 bridgehead atoms. The lowest BCUT2D eigenvalue weighted by molar-refractivity contribution is -0.113. The Morgan fingerprint density at radius 2 is 1.93 bits per heavy atom. The minimum atomic E-state index is -0.489. The normalized spacial score (nSPS) is 13.0. The van der Waals surface area contributed by atoms with E-state index in [-0.39, 0.29) is 11.7 Å². The Morgan fingerprint density at radius 1 is 1.14 bits per heavy atom. The van der Waals surface area contributed by atoms with Crippen LogP contribution in [-0.4, -0.2) is 32.7 Å². The fraction of sp³-hybridized carbons (Fsp3) is 0.250. The molecule has 0 unspecified atom stereocenters. The number of carbonyl (C=O) groups is 2. The van der Waals surface area contributed by atoms with Gasteiger partial charge in [0, 0.05) is 10.4 Å². The molecule has 0 fully saturated rings. The molecule has 1 aliphatic rings. The van der Waals surface area contributed by atoms with Gasteiger partial charge in [-0.1, -0.05) is 42.1 Å². The summed E-state index contributed by atoms with van der Waals surface area (Å²) >= 11 is 2.65. The van der Waals surface area contributed by atoms with Crippen LogP contribution in [0.2, 0.25) is 0 Å². The van der Waals surface area contributed by atoms with Gasteiger partial charge in [-0.3, -0.25) is 9.59 Å². The zero-order valence-electron chi connectivity index (χ0n) is 15.6. The zero-order chi connectivity index (χ0) is 20.2. The summed E-state index contributed by atoms with van der Waals surface area (Å²) < 4.78 is 0. The van der Waals surface area contributed by atoms with Gasteiger partial charge in [0.1, 0.15) is 10.7 Å². The number of primary amides is 1. The molecule has 9 heteroatoms. The number of anilines is 1. The third kappa shape index (κ3) is 4.46. The molecule has 1 aliphatic carbocycles. The fourth-order valence-electron chi connectivity index (χ4n) is 3.28. The molecule has 0 aliphatic heterocycles. The average Bonchev–Trinajstić information content (AvgIpc) is 3.11. The summed E-state index contributed by atoms with van der Waals surface area (Å²) in [5.41, 5.74) is 8.64. The van der Waals surface area contributed by atoms with Gasteiger partial charge < -0.3 is 11.1 Å². The molecule has 29 heavy (non-hydrogen) atoms. The van der Waals surface area contributed by atoms with Gasteiger partial charge in [-0.25, -0.2) is 4.98 Å². The van der Waals surface area contributed by atoms with Gasteiger partial charge in [0.05, 0.1) is 17.5 Å². The second-order valence-corrected chi connectivity index (χ2v) is 8.66. The molecule has 7 nitrogen and oxygen atoms in total. The molecule has 4 rings (SSSR count). The zero-order valence-corrected chi connectivity index (χ0v) is 17.2. The van der Waals surface area contributed by atoms with Crippen LogP contribution in [0.5, 0.6) is 0 Å². The van der Waals surface area contributed by atoms with Crippen LogP contribution in [0.4, 0.5) is 5.00 Å². The van der Waals surface area contributed by atoms with Crippen LogP contribution in [-0.2, 0) is 17.6 Å². The first-order valence-electron chi connectivity index (χ1n) is 9.24. The Balaban J connectivity index is 1.39. The van der Waals surface area contributed by atoms with Crippen molar-refractivity contribution >= 4 is 39.9 Å². The third-order valence-corrected chi connectivity index (χ3v) is 6.67. The van der Waals surface area contributed by atoms with Crippen LogP contribution in [0.15, 0.2) is 41.7 Å². The summed E-state index contributed by atoms with van der Waals surface area (Å²) in [4.78, 5) is 29.7. The van der Waals surface area contributed by atoms with E-state index in [0.29, 0.717) is 21.4 Å². The Labute approximate surface area is 176 Å². The van der Waals surface area contributed by atoms with Crippen LogP contribution < -0.4 is 11.1 Å². The monoisotopic (exact) mass is 425 g/mol. The standard InChI is InChI=1S/C20H19N5O2S2/c21-18(27)17-13-8-4-5-9-15(13)29-19(17)23-16(26)11-28-20-22-10-14(24-25-20)12-6-2-1-3-7-12/h1-3,6-7,10H,4-5,8-9,11H2,(H2,21,27)(H,23,26). The number of hydrogen-bond acceptors (Lipinski definition) is 7. The van der Waals surface area contributed by atoms with E-state index in [1.165, 1.54) is 23.1 Å². The van der Waals surface area contributed by atoms with Crippen molar-refractivity contribution in [1.82, 2.24) is 15.2 Å². The molecule has 2 heterocycles. The van der Waals surface area contributed by atoms with Crippen molar-refractivity contribution in [2.45, 2.75) is 30.8 Å². The first-order chi connectivity index (χ1) is 14.1. The summed E-state index contributed by atoms with van der Waals surface area (Å²) in [6, 6.07) is 9.65. The largest absolute Gasteiger partial charge is 0.365 e. The van der Waals surface area contributed by atoms with E-state index in [2.05, 4.69) is 20.5 Å². The number of nitrogens with two attached hydrogens (primary N) is 1. The van der Waals surface area contributed by atoms with Gasteiger partial charge in [0.15, 0.2) is 0 Å². The lowest BCUT2D eigenvalue weighted by Crippen LogP contribution is -2.19. The Hall–Kier alpha value is -2.78. The number of aryl methyl sites for hydroxylation is 1. The first-order valence-corrected chi connectivity index (χ1v) is 11.0. The number of fused-ring (bicyclic) bond motifs is 1. The minimum absolute atomic E-state index is 0.118. The van der Waals surface area contributed by atoms with Crippen molar-refractivity contribution in [3.05, 3.63) is 52.5 Å². The van der Waals surface area contributed by atoms with Crippen LogP contribution in [0, 0.1) is 0 Å². The summed E-state index contributed by atoms with van der Waals surface area (Å²) in [6.45, 7) is 0. The Morgan fingerprint density at radius 3 is 2.66 bits per heavy atom. The van der Waals surface area contributed by atoms with E-state index in [1.54, 1.807) is 6.20 Å². The summed E-state index contributed by atoms with van der Waals surface area (Å²) in [6.07, 6.45) is 5.54. The molecule has 2 aromatic heterocycles. The molecule has 0 saturated heterocycles. The van der Waals surface area contributed by atoms with E-state index in [4.69, 9.17) is 5.73 Å². The minimum Gasteiger partial charge on any atom is -0.365 e. The van der Waals surface area contributed by atoms with E-state index in [9.17, 15) is 9.59 Å². The van der Waals surface area contributed by atoms with Crippen molar-refractivity contribution in [2.24, 2.45) is 5.73 Å². The second-order valence-electron chi connectivity index (χ2n) is 6.61. The topological polar surface area (TPSA) is 111 Å². The number of rotatable bonds is 6. The van der Waals surface area contributed by atoms with Crippen molar-refractivity contribution in [2.75, 3.05) is 11.1 Å². The molecule has 0 saturated carbocycles. The van der Waals surface area contributed by atoms with Crippen molar-refractivity contribution < 1.29 is 9.59 Å². The molecule has 3 N–H and O–H groups in total. The fourth-order valence-corrected chi connectivity index (χ4v) is 5.15. The number of thiophene rings is 1. The summed E-state index contributed by atoms with van der Waals surface area (Å²) in [5, 5.41) is 12.1. The Kier molecular flexibility index (Phi) is 5.86. The van der Waals surface area contributed by atoms with E-state index in [0.717, 1.165) is 41.7 Å². The van der Waals surface area contributed by atoms with Crippen molar-refractivity contribution in [3.8, 4) is 11.3 Å². The number of nitrogens with one attached hydrogen (secondary N) is 1. The molecular weight excluding hydrogens is 406 g/mol. The third-order valence-electron chi connectivity index (χ3n) is 4.61. The highest BCUT2D eigenvalue weighted by Crippen LogP contribution is 2.38. The quantitative estimate of drug-likeness (QED) is 0.586. The molecular formula is C20H19N5O2S2. The predicted octanol–water partition coefficient (Wildman–Crippen LogP) is 3.31. The smallest absolute Gasteiger partial charge is 0.251 e. The lowest BCUT2D eigenvalue weighted by Gasteiger charge is -2.11. The number of nitrogens with zero attached hydrogens (tertiary/aromatic N) is 3. The van der Waals surface area contributed by atoms with Gasteiger partial charge in [-0.05, 0) is 31.2 Å². The van der Waals surface area contributed by atoms with Gasteiger partial charge in [0.2, 0.25) is 11.1 Å². The predicted molar refractivity (Wildman–Crippen MR) is 114 cm³/mol. The highest BCUT2D eigenvalue weighted by molar-refractivity contribution is 7.99. The molecule has 148 valence electrons. The Bertz CT molecular complexity index is 1040. The van der Waals surface area contributed by atoms with Gasteiger partial charge in [0.25, 0.3) is 5.91 Å². The number of carbonyl (C=O) groups excluding carboxylic acids is 2. The molecule has 0 radical (unpaired) electrons. The molecule has 1 aromatic carbocycles. The highest BCUT2D eigenvalue weighted by Gasteiger charge is 2.25. The highest BCUT2D eigenvalue weighted by atomic mass is 32.2. The van der Waals surface area contributed by atoms with Gasteiger partial charge in [-0.2, -0.15) is 0 Å². The maximum absolute atomic E-state index is 12.4. The molecule has 3 aromatic rings. The number of aromatic nitrogens is 3. The van der Waals surface area contributed by atoms with Gasteiger partial charge in [-0.15, -0.1) is 21.5 Å². The SMILES string of the molecule is NC(=O)c1c(NC(=O)CSc2ncc(-c3ccccc3)nn2)sc2c1CCCC2. The van der Waals surface area contributed by atoms with E-state index < -0.39 is 5.91 Å². The van der Waals surface area contributed by atoms with Crippen LogP contribution in [0.25, 0.3) is 11.3 Å². The van der Waals surface area contributed by atoms with Crippen LogP contribution in [0.1, 0.15) is 33.6 Å². The maximum atomic E-state index is 12.4. The summed E-state index contributed by atoms with van der Waals surface area (Å²) in [7, 11) is 0. The van der Waals surface area contributed by atoms with E-state index >= 15 is 0 Å². The van der Waals surface area contributed by atoms with Crippen molar-refractivity contribution in [1.29, 1.82) is 0 Å². The molecule has 0 atom stereocenters. The maximum Gasteiger partial charge on any atom is 0.251 e. The van der Waals surface area contributed by atoms with E-state index in [1.807, 2.05) is 30.3 Å². The van der Waals surface area contributed by atoms with Crippen LogP contribution >= 0.6 is 23.1 Å². The molecule has 0 spiro atoms. The number of benzene rings is 1. The lowest BCUT2D eigenvalue weighted by atomic mass is 9.95. The van der Waals surface area contributed by atoms with Gasteiger partial charge >= 0.3 is 0 Å². The number of amides is 2. The number of hydrogen-bond donors (Lipinski definition) is 2. The average molecular weight is 426 g/mol. The second kappa shape index (κ2) is 8.71.